The van der Waals surface area contributed by atoms with Crippen molar-refractivity contribution in [2.45, 2.75) is 25.4 Å². The molecule has 14 heavy (non-hydrogen) atoms. The predicted octanol–water partition coefficient (Wildman–Crippen LogP) is 2.95. The number of hydrogen-bond acceptors (Lipinski definition) is 2. The van der Waals surface area contributed by atoms with Crippen LogP contribution in [0.2, 0.25) is 0 Å². The van der Waals surface area contributed by atoms with Crippen LogP contribution in [0.4, 0.5) is 13.2 Å². The van der Waals surface area contributed by atoms with Gasteiger partial charge < -0.3 is 4.42 Å². The highest BCUT2D eigenvalue weighted by Gasteiger charge is 2.42. The Morgan fingerprint density at radius 1 is 1.43 bits per heavy atom. The maximum Gasteiger partial charge on any atom is 0.392 e. The third kappa shape index (κ3) is 1.89. The molecule has 0 aromatic carbocycles. The molecule has 1 aromatic heterocycles. The fourth-order valence-corrected chi connectivity index (χ4v) is 2.18. The molecule has 0 saturated carbocycles. The van der Waals surface area contributed by atoms with Crippen molar-refractivity contribution in [1.29, 1.82) is 0 Å². The Hall–Kier alpha value is -0.270. The van der Waals surface area contributed by atoms with Gasteiger partial charge in [0.1, 0.15) is 5.76 Å². The van der Waals surface area contributed by atoms with Crippen LogP contribution in [0, 0.1) is 9.82 Å². The molecule has 0 aliphatic heterocycles. The summed E-state index contributed by atoms with van der Waals surface area (Å²) in [5, 5.41) is 0. The average molecular weight is 317 g/mol. The zero-order chi connectivity index (χ0) is 10.3. The van der Waals surface area contributed by atoms with Gasteiger partial charge in [-0.1, -0.05) is 0 Å². The number of oxazole rings is 1. The molecule has 0 N–H and O–H groups in total. The molecule has 0 saturated heterocycles. The lowest BCUT2D eigenvalue weighted by Crippen LogP contribution is -2.28. The van der Waals surface area contributed by atoms with Crippen LogP contribution in [0.3, 0.4) is 0 Å². The number of hydrogen-bond donors (Lipinski definition) is 0. The predicted molar refractivity (Wildman–Crippen MR) is 50.8 cm³/mol. The van der Waals surface area contributed by atoms with E-state index in [9.17, 15) is 13.2 Å². The molecule has 1 atom stereocenters. The minimum absolute atomic E-state index is 0.0364. The Balaban J connectivity index is 2.21. The fraction of sp³-hybridized carbons (Fsp3) is 0.625. The van der Waals surface area contributed by atoms with Gasteiger partial charge in [-0.3, -0.25) is 0 Å². The van der Waals surface area contributed by atoms with Gasteiger partial charge in [0.15, 0.2) is 0 Å². The van der Waals surface area contributed by atoms with Crippen molar-refractivity contribution in [3.8, 4) is 0 Å². The highest BCUT2D eigenvalue weighted by molar-refractivity contribution is 14.1. The molecule has 1 unspecified atom stereocenters. The van der Waals surface area contributed by atoms with Gasteiger partial charge in [0.05, 0.1) is 11.6 Å². The Bertz CT molecular complexity index is 347. The van der Waals surface area contributed by atoms with Gasteiger partial charge in [-0.25, -0.2) is 4.98 Å². The van der Waals surface area contributed by atoms with Gasteiger partial charge >= 0.3 is 6.18 Å². The van der Waals surface area contributed by atoms with Crippen molar-refractivity contribution < 1.29 is 17.6 Å². The van der Waals surface area contributed by atoms with Crippen molar-refractivity contribution in [3.05, 3.63) is 15.4 Å². The van der Waals surface area contributed by atoms with Gasteiger partial charge in [-0.05, 0) is 6.42 Å². The number of fused-ring (bicyclic) bond motifs is 1. The lowest BCUT2D eigenvalue weighted by molar-refractivity contribution is -0.177. The largest absolute Gasteiger partial charge is 0.437 e. The van der Waals surface area contributed by atoms with Gasteiger partial charge in [-0.15, -0.1) is 0 Å². The van der Waals surface area contributed by atoms with Crippen LogP contribution in [0.1, 0.15) is 17.9 Å². The van der Waals surface area contributed by atoms with Crippen molar-refractivity contribution >= 4 is 22.6 Å². The van der Waals surface area contributed by atoms with Gasteiger partial charge in [0.25, 0.3) is 3.90 Å². The monoisotopic (exact) mass is 317 g/mol. The second-order valence-corrected chi connectivity index (χ2v) is 4.24. The van der Waals surface area contributed by atoms with Crippen LogP contribution >= 0.6 is 22.6 Å². The first-order valence-corrected chi connectivity index (χ1v) is 5.25. The van der Waals surface area contributed by atoms with Crippen LogP contribution < -0.4 is 0 Å². The first kappa shape index (κ1) is 10.3. The van der Waals surface area contributed by atoms with Crippen molar-refractivity contribution in [2.24, 2.45) is 5.92 Å². The quantitative estimate of drug-likeness (QED) is 0.688. The number of alkyl halides is 3. The summed E-state index contributed by atoms with van der Waals surface area (Å²) in [7, 11) is 0. The van der Waals surface area contributed by atoms with E-state index in [1.165, 1.54) is 0 Å². The highest BCUT2D eigenvalue weighted by Crippen LogP contribution is 2.36. The van der Waals surface area contributed by atoms with Crippen molar-refractivity contribution in [2.75, 3.05) is 0 Å². The molecule has 0 spiro atoms. The van der Waals surface area contributed by atoms with E-state index in [0.717, 1.165) is 0 Å². The minimum Gasteiger partial charge on any atom is -0.437 e. The van der Waals surface area contributed by atoms with Crippen LogP contribution in [0.15, 0.2) is 4.42 Å². The first-order valence-electron chi connectivity index (χ1n) is 4.17. The van der Waals surface area contributed by atoms with E-state index in [0.29, 0.717) is 21.8 Å². The maximum absolute atomic E-state index is 12.4. The van der Waals surface area contributed by atoms with E-state index < -0.39 is 12.1 Å². The van der Waals surface area contributed by atoms with Crippen molar-refractivity contribution in [3.63, 3.8) is 0 Å². The highest BCUT2D eigenvalue weighted by atomic mass is 127. The summed E-state index contributed by atoms with van der Waals surface area (Å²) in [6.07, 6.45) is -3.69. The lowest BCUT2D eigenvalue weighted by Gasteiger charge is -2.22. The van der Waals surface area contributed by atoms with Crippen molar-refractivity contribution in [1.82, 2.24) is 4.98 Å². The summed E-state index contributed by atoms with van der Waals surface area (Å²) in [6.45, 7) is 0. The number of rotatable bonds is 0. The number of aryl methyl sites for hydroxylation is 1. The molecule has 0 bridgehead atoms. The summed E-state index contributed by atoms with van der Waals surface area (Å²) < 4.78 is 42.7. The molecule has 78 valence electrons. The van der Waals surface area contributed by atoms with E-state index in [2.05, 4.69) is 4.98 Å². The normalized spacial score (nSPS) is 22.1. The summed E-state index contributed by atoms with van der Waals surface area (Å²) in [4.78, 5) is 3.93. The smallest absolute Gasteiger partial charge is 0.392 e. The zero-order valence-corrected chi connectivity index (χ0v) is 9.22. The molecule has 0 radical (unpaired) electrons. The molecular formula is C8H7F3INO. The molecule has 1 aromatic rings. The molecular weight excluding hydrogens is 310 g/mol. The second kappa shape index (κ2) is 3.39. The summed E-state index contributed by atoms with van der Waals surface area (Å²) in [5.74, 6) is -0.634. The fourth-order valence-electron chi connectivity index (χ4n) is 1.63. The Labute approximate surface area is 92.0 Å². The summed E-state index contributed by atoms with van der Waals surface area (Å²) >= 11 is 1.87. The topological polar surface area (TPSA) is 26.0 Å². The SMILES string of the molecule is FC(F)(F)C1CCc2oc(I)nc2C1. The molecule has 1 aliphatic rings. The van der Waals surface area contributed by atoms with E-state index in [1.807, 2.05) is 22.6 Å². The average Bonchev–Trinajstić information content (AvgIpc) is 2.41. The number of aromatic nitrogens is 1. The lowest BCUT2D eigenvalue weighted by atomic mass is 9.90. The molecule has 2 rings (SSSR count). The second-order valence-electron chi connectivity index (χ2n) is 3.32. The molecule has 0 amide bonds. The zero-order valence-electron chi connectivity index (χ0n) is 7.07. The molecule has 2 nitrogen and oxygen atoms in total. The van der Waals surface area contributed by atoms with E-state index in [-0.39, 0.29) is 12.8 Å². The van der Waals surface area contributed by atoms with Crippen LogP contribution in [0.5, 0.6) is 0 Å². The third-order valence-electron chi connectivity index (χ3n) is 2.37. The van der Waals surface area contributed by atoms with Crippen LogP contribution in [0.25, 0.3) is 0 Å². The maximum atomic E-state index is 12.4. The molecule has 6 heteroatoms. The Morgan fingerprint density at radius 3 is 2.79 bits per heavy atom. The van der Waals surface area contributed by atoms with Crippen LogP contribution in [-0.4, -0.2) is 11.2 Å². The standard InChI is InChI=1S/C8H7F3INO/c9-8(10,11)4-1-2-6-5(3-4)13-7(12)14-6/h4H,1-3H2. The van der Waals surface area contributed by atoms with Gasteiger partial charge in [0.2, 0.25) is 0 Å². The number of nitrogens with zero attached hydrogens (tertiary/aromatic N) is 1. The van der Waals surface area contributed by atoms with E-state index in [4.69, 9.17) is 4.42 Å². The van der Waals surface area contributed by atoms with E-state index >= 15 is 0 Å². The van der Waals surface area contributed by atoms with Gasteiger partial charge in [-0.2, -0.15) is 13.2 Å². The van der Waals surface area contributed by atoms with Gasteiger partial charge in [0, 0.05) is 35.4 Å². The Kier molecular flexibility index (Phi) is 2.48. The molecule has 1 aliphatic carbocycles. The summed E-state index contributed by atoms with van der Waals surface area (Å²) in [6, 6.07) is 0. The minimum atomic E-state index is -4.11. The molecule has 1 heterocycles. The molecule has 0 fully saturated rings. The number of halogens is 4. The van der Waals surface area contributed by atoms with Crippen LogP contribution in [-0.2, 0) is 12.8 Å². The summed E-state index contributed by atoms with van der Waals surface area (Å²) in [5.41, 5.74) is 0.475. The first-order chi connectivity index (χ1) is 6.47. The Morgan fingerprint density at radius 2 is 2.14 bits per heavy atom. The van der Waals surface area contributed by atoms with E-state index in [1.54, 1.807) is 0 Å². The third-order valence-corrected chi connectivity index (χ3v) is 2.84.